The van der Waals surface area contributed by atoms with E-state index in [-0.39, 0.29) is 0 Å². The monoisotopic (exact) mass is 398 g/mol. The Morgan fingerprint density at radius 3 is 2.28 bits per heavy atom. The van der Waals surface area contributed by atoms with Crippen molar-refractivity contribution >= 4 is 27.4 Å². The molecule has 2 fully saturated rings. The van der Waals surface area contributed by atoms with Crippen molar-refractivity contribution < 1.29 is 0 Å². The Morgan fingerprint density at radius 2 is 1.68 bits per heavy atom. The minimum atomic E-state index is 0.349. The van der Waals surface area contributed by atoms with Gasteiger partial charge in [-0.3, -0.25) is 0 Å². The van der Waals surface area contributed by atoms with E-state index < -0.39 is 0 Å². The van der Waals surface area contributed by atoms with Crippen molar-refractivity contribution in [3.63, 3.8) is 0 Å². The van der Waals surface area contributed by atoms with Crippen molar-refractivity contribution in [2.75, 3.05) is 5.32 Å². The molecule has 132 valence electrons. The minimum absolute atomic E-state index is 0.349. The predicted octanol–water partition coefficient (Wildman–Crippen LogP) is 6.69. The highest BCUT2D eigenvalue weighted by Gasteiger charge is 2.41. The van der Waals surface area contributed by atoms with Gasteiger partial charge in [-0.25, -0.2) is 4.98 Å². The van der Waals surface area contributed by atoms with Gasteiger partial charge in [0, 0.05) is 16.4 Å². The van der Waals surface area contributed by atoms with Gasteiger partial charge in [-0.15, -0.1) is 0 Å². The maximum absolute atomic E-state index is 4.39. The van der Waals surface area contributed by atoms with E-state index in [0.717, 1.165) is 33.7 Å². The molecule has 3 heteroatoms. The highest BCUT2D eigenvalue weighted by molar-refractivity contribution is 9.10. The minimum Gasteiger partial charge on any atom is -0.340 e. The zero-order valence-corrected chi connectivity index (χ0v) is 16.7. The van der Waals surface area contributed by atoms with Crippen LogP contribution in [0.1, 0.15) is 51.5 Å². The third-order valence-electron chi connectivity index (χ3n) is 6.20. The van der Waals surface area contributed by atoms with Crippen LogP contribution in [0.15, 0.2) is 47.1 Å². The molecule has 2 aliphatic rings. The summed E-state index contributed by atoms with van der Waals surface area (Å²) >= 11 is 3.42. The van der Waals surface area contributed by atoms with Gasteiger partial charge in [0.1, 0.15) is 5.82 Å². The molecule has 1 heterocycles. The Kier molecular flexibility index (Phi) is 4.61. The Labute approximate surface area is 159 Å². The van der Waals surface area contributed by atoms with Crippen LogP contribution in [-0.2, 0) is 5.41 Å². The number of hydrogen-bond acceptors (Lipinski definition) is 2. The van der Waals surface area contributed by atoms with Gasteiger partial charge in [-0.1, -0.05) is 26.0 Å². The molecular weight excluding hydrogens is 372 g/mol. The molecule has 25 heavy (non-hydrogen) atoms. The molecule has 0 radical (unpaired) electrons. The van der Waals surface area contributed by atoms with Gasteiger partial charge in [-0.2, -0.15) is 0 Å². The summed E-state index contributed by atoms with van der Waals surface area (Å²) in [5.41, 5.74) is 2.96. The SMILES string of the molecule is CC1CC2CC(C1)CC(C)(c1ccc(Nc3ccc(Br)cn3)cc1)C2. The number of halogens is 1. The summed E-state index contributed by atoms with van der Waals surface area (Å²) in [7, 11) is 0. The molecule has 2 bridgehead atoms. The molecule has 2 aliphatic carbocycles. The van der Waals surface area contributed by atoms with Gasteiger partial charge < -0.3 is 5.32 Å². The highest BCUT2D eigenvalue weighted by atomic mass is 79.9. The summed E-state index contributed by atoms with van der Waals surface area (Å²) in [6.07, 6.45) is 8.86. The van der Waals surface area contributed by atoms with E-state index in [1.54, 1.807) is 0 Å². The van der Waals surface area contributed by atoms with Crippen LogP contribution in [0.25, 0.3) is 0 Å². The number of rotatable bonds is 3. The molecule has 1 aromatic carbocycles. The first-order valence-electron chi connectivity index (χ1n) is 9.49. The lowest BCUT2D eigenvalue weighted by Gasteiger charge is -2.47. The summed E-state index contributed by atoms with van der Waals surface area (Å²) in [6.45, 7) is 4.93. The molecular formula is C22H27BrN2. The van der Waals surface area contributed by atoms with Gasteiger partial charge in [0.05, 0.1) is 0 Å². The van der Waals surface area contributed by atoms with Crippen molar-refractivity contribution in [3.05, 3.63) is 52.6 Å². The lowest BCUT2D eigenvalue weighted by Crippen LogP contribution is -2.38. The molecule has 0 amide bonds. The molecule has 1 aromatic heterocycles. The molecule has 2 unspecified atom stereocenters. The maximum Gasteiger partial charge on any atom is 0.130 e. The van der Waals surface area contributed by atoms with Gasteiger partial charge in [0.2, 0.25) is 0 Å². The van der Waals surface area contributed by atoms with E-state index in [1.807, 2.05) is 18.3 Å². The fourth-order valence-electron chi connectivity index (χ4n) is 5.38. The highest BCUT2D eigenvalue weighted by Crippen LogP contribution is 2.51. The fraction of sp³-hybridized carbons (Fsp3) is 0.500. The maximum atomic E-state index is 4.39. The van der Waals surface area contributed by atoms with Crippen molar-refractivity contribution in [3.8, 4) is 0 Å². The summed E-state index contributed by atoms with van der Waals surface area (Å²) < 4.78 is 0.999. The van der Waals surface area contributed by atoms with Crippen LogP contribution in [0, 0.1) is 17.8 Å². The summed E-state index contributed by atoms with van der Waals surface area (Å²) in [6, 6.07) is 13.1. The van der Waals surface area contributed by atoms with Crippen LogP contribution in [-0.4, -0.2) is 4.98 Å². The number of hydrogen-bond donors (Lipinski definition) is 1. The number of aromatic nitrogens is 1. The first-order valence-corrected chi connectivity index (χ1v) is 10.3. The van der Waals surface area contributed by atoms with E-state index in [2.05, 4.69) is 64.3 Å². The number of anilines is 2. The van der Waals surface area contributed by atoms with Crippen molar-refractivity contribution in [1.82, 2.24) is 4.98 Å². The van der Waals surface area contributed by atoms with Crippen LogP contribution in [0.2, 0.25) is 0 Å². The Hall–Kier alpha value is -1.35. The second-order valence-electron chi connectivity index (χ2n) is 8.58. The summed E-state index contributed by atoms with van der Waals surface area (Å²) in [5, 5.41) is 3.39. The third-order valence-corrected chi connectivity index (χ3v) is 6.67. The van der Waals surface area contributed by atoms with E-state index in [9.17, 15) is 0 Å². The normalized spacial score (nSPS) is 31.6. The molecule has 0 spiro atoms. The van der Waals surface area contributed by atoms with Crippen LogP contribution in [0.3, 0.4) is 0 Å². The number of nitrogens with zero attached hydrogens (tertiary/aromatic N) is 1. The summed E-state index contributed by atoms with van der Waals surface area (Å²) in [4.78, 5) is 4.39. The van der Waals surface area contributed by atoms with Gasteiger partial charge in [-0.05, 0) is 101 Å². The second kappa shape index (κ2) is 6.75. The van der Waals surface area contributed by atoms with Crippen molar-refractivity contribution in [2.45, 2.75) is 51.4 Å². The van der Waals surface area contributed by atoms with Crippen LogP contribution in [0.5, 0.6) is 0 Å². The van der Waals surface area contributed by atoms with Gasteiger partial charge >= 0.3 is 0 Å². The van der Waals surface area contributed by atoms with Gasteiger partial charge in [0.15, 0.2) is 0 Å². The lowest BCUT2D eigenvalue weighted by molar-refractivity contribution is 0.0899. The van der Waals surface area contributed by atoms with E-state index >= 15 is 0 Å². The molecule has 0 saturated heterocycles. The third kappa shape index (κ3) is 3.76. The number of pyridine rings is 1. The quantitative estimate of drug-likeness (QED) is 0.622. The average Bonchev–Trinajstić information content (AvgIpc) is 2.56. The fourth-order valence-corrected chi connectivity index (χ4v) is 5.61. The van der Waals surface area contributed by atoms with Crippen LogP contribution >= 0.6 is 15.9 Å². The topological polar surface area (TPSA) is 24.9 Å². The zero-order chi connectivity index (χ0) is 17.4. The van der Waals surface area contributed by atoms with Gasteiger partial charge in [0.25, 0.3) is 0 Å². The predicted molar refractivity (Wildman–Crippen MR) is 108 cm³/mol. The molecule has 2 nitrogen and oxygen atoms in total. The number of benzene rings is 1. The standard InChI is InChI=1S/C22H27BrN2/c1-15-9-16-11-17(10-15)13-22(2,12-16)18-3-6-20(7-4-18)25-21-8-5-19(23)14-24-21/h3-8,14-17H,9-13H2,1-2H3,(H,24,25). The Bertz CT molecular complexity index is 705. The molecule has 0 aliphatic heterocycles. The molecule has 2 atom stereocenters. The molecule has 2 aromatic rings. The smallest absolute Gasteiger partial charge is 0.130 e. The average molecular weight is 399 g/mol. The molecule has 2 saturated carbocycles. The van der Waals surface area contributed by atoms with E-state index in [0.29, 0.717) is 5.41 Å². The number of nitrogens with one attached hydrogen (secondary N) is 1. The Morgan fingerprint density at radius 1 is 1.00 bits per heavy atom. The first kappa shape index (κ1) is 17.1. The van der Waals surface area contributed by atoms with Crippen LogP contribution < -0.4 is 5.32 Å². The van der Waals surface area contributed by atoms with Crippen molar-refractivity contribution in [1.29, 1.82) is 0 Å². The largest absolute Gasteiger partial charge is 0.340 e. The molecule has 1 N–H and O–H groups in total. The number of fused-ring (bicyclic) bond motifs is 2. The van der Waals surface area contributed by atoms with E-state index in [1.165, 1.54) is 37.7 Å². The summed E-state index contributed by atoms with van der Waals surface area (Å²) in [5.74, 6) is 3.66. The van der Waals surface area contributed by atoms with E-state index in [4.69, 9.17) is 0 Å². The van der Waals surface area contributed by atoms with Crippen molar-refractivity contribution in [2.24, 2.45) is 17.8 Å². The molecule has 4 rings (SSSR count). The lowest BCUT2D eigenvalue weighted by atomic mass is 9.57. The van der Waals surface area contributed by atoms with Crippen LogP contribution in [0.4, 0.5) is 11.5 Å². The first-order chi connectivity index (χ1) is 12.0. The zero-order valence-electron chi connectivity index (χ0n) is 15.1. The second-order valence-corrected chi connectivity index (χ2v) is 9.49. The Balaban J connectivity index is 1.49.